The zero-order chi connectivity index (χ0) is 13.0. The molecular formula is C14H10FNOS. The van der Waals surface area contributed by atoms with Crippen LogP contribution in [-0.2, 0) is 0 Å². The van der Waals surface area contributed by atoms with Crippen molar-refractivity contribution < 1.29 is 9.18 Å². The summed E-state index contributed by atoms with van der Waals surface area (Å²) in [6, 6.07) is 14.5. The van der Waals surface area contributed by atoms with Gasteiger partial charge in [-0.1, -0.05) is 30.4 Å². The second kappa shape index (κ2) is 5.51. The minimum Gasteiger partial charge on any atom is -0.343 e. The van der Waals surface area contributed by atoms with Crippen molar-refractivity contribution >= 4 is 28.7 Å². The highest BCUT2D eigenvalue weighted by Crippen LogP contribution is 2.09. The zero-order valence-electron chi connectivity index (χ0n) is 9.39. The Labute approximate surface area is 109 Å². The summed E-state index contributed by atoms with van der Waals surface area (Å²) in [5.41, 5.74) is 1.11. The number of nitrogens with one attached hydrogen (secondary N) is 1. The first-order chi connectivity index (χ1) is 8.66. The fraction of sp³-hybridized carbons (Fsp3) is 0. The second-order valence-electron chi connectivity index (χ2n) is 3.66. The third-order valence-electron chi connectivity index (χ3n) is 2.34. The van der Waals surface area contributed by atoms with E-state index in [1.807, 2.05) is 30.3 Å². The molecule has 0 spiro atoms. The van der Waals surface area contributed by atoms with E-state index in [-0.39, 0.29) is 16.6 Å². The lowest BCUT2D eigenvalue weighted by molar-refractivity contribution is 0.106. The van der Waals surface area contributed by atoms with Crippen molar-refractivity contribution in [3.05, 3.63) is 66.0 Å². The number of benzene rings is 2. The molecule has 0 saturated carbocycles. The standard InChI is InChI=1S/C14H10FNOS/c15-11-8-6-10(7-9-11)13(17)14(18)16-12-4-2-1-3-5-12/h1-9H,(H,16,18). The predicted molar refractivity (Wildman–Crippen MR) is 73.4 cm³/mol. The second-order valence-corrected chi connectivity index (χ2v) is 4.06. The quantitative estimate of drug-likeness (QED) is 0.676. The summed E-state index contributed by atoms with van der Waals surface area (Å²) >= 11 is 5.02. The SMILES string of the molecule is O=C(C(=S)Nc1ccccc1)c1ccc(F)cc1. The van der Waals surface area contributed by atoms with E-state index in [2.05, 4.69) is 5.32 Å². The number of hydrogen-bond donors (Lipinski definition) is 1. The van der Waals surface area contributed by atoms with Crippen molar-refractivity contribution in [3.8, 4) is 0 Å². The van der Waals surface area contributed by atoms with Crippen LogP contribution in [0.4, 0.5) is 10.1 Å². The minimum atomic E-state index is -0.381. The number of para-hydroxylation sites is 1. The van der Waals surface area contributed by atoms with Crippen LogP contribution in [0.25, 0.3) is 0 Å². The molecule has 0 amide bonds. The normalized spacial score (nSPS) is 9.83. The van der Waals surface area contributed by atoms with Crippen LogP contribution < -0.4 is 5.32 Å². The molecule has 2 aromatic rings. The molecule has 90 valence electrons. The van der Waals surface area contributed by atoms with Gasteiger partial charge in [0.25, 0.3) is 0 Å². The smallest absolute Gasteiger partial charge is 0.220 e. The van der Waals surface area contributed by atoms with E-state index in [9.17, 15) is 9.18 Å². The first kappa shape index (κ1) is 12.4. The van der Waals surface area contributed by atoms with Gasteiger partial charge in [0.1, 0.15) is 5.82 Å². The Balaban J connectivity index is 2.10. The topological polar surface area (TPSA) is 29.1 Å². The van der Waals surface area contributed by atoms with Crippen molar-refractivity contribution in [1.82, 2.24) is 0 Å². The van der Waals surface area contributed by atoms with Crippen molar-refractivity contribution in [2.75, 3.05) is 5.32 Å². The number of rotatable bonds is 3. The zero-order valence-corrected chi connectivity index (χ0v) is 10.2. The maximum Gasteiger partial charge on any atom is 0.220 e. The number of Topliss-reactive ketones (excluding diaryl/α,β-unsaturated/α-hetero) is 1. The van der Waals surface area contributed by atoms with Crippen molar-refractivity contribution in [3.63, 3.8) is 0 Å². The highest BCUT2D eigenvalue weighted by Gasteiger charge is 2.12. The number of carbonyl (C=O) groups excluding carboxylic acids is 1. The molecule has 0 saturated heterocycles. The van der Waals surface area contributed by atoms with Gasteiger partial charge < -0.3 is 5.32 Å². The summed E-state index contributed by atoms with van der Waals surface area (Å²) in [4.78, 5) is 12.0. The van der Waals surface area contributed by atoms with Gasteiger partial charge in [-0.3, -0.25) is 4.79 Å². The third-order valence-corrected chi connectivity index (χ3v) is 2.63. The van der Waals surface area contributed by atoms with E-state index in [0.29, 0.717) is 5.56 Å². The molecule has 0 radical (unpaired) electrons. The molecule has 0 fully saturated rings. The molecule has 2 aromatic carbocycles. The van der Waals surface area contributed by atoms with Gasteiger partial charge in [-0.15, -0.1) is 0 Å². The van der Waals surface area contributed by atoms with Gasteiger partial charge in [0.05, 0.1) is 0 Å². The van der Waals surface area contributed by atoms with Gasteiger partial charge in [0.2, 0.25) is 5.78 Å². The lowest BCUT2D eigenvalue weighted by Crippen LogP contribution is -2.20. The van der Waals surface area contributed by atoms with Crippen LogP contribution in [-0.4, -0.2) is 10.8 Å². The molecule has 0 aliphatic rings. The molecule has 0 atom stereocenters. The Morgan fingerprint density at radius 2 is 1.61 bits per heavy atom. The van der Waals surface area contributed by atoms with E-state index >= 15 is 0 Å². The van der Waals surface area contributed by atoms with Crippen LogP contribution in [0.5, 0.6) is 0 Å². The highest BCUT2D eigenvalue weighted by molar-refractivity contribution is 7.82. The molecule has 18 heavy (non-hydrogen) atoms. The average molecular weight is 259 g/mol. The van der Waals surface area contributed by atoms with Gasteiger partial charge in [-0.25, -0.2) is 4.39 Å². The van der Waals surface area contributed by atoms with Crippen LogP contribution in [0.3, 0.4) is 0 Å². The van der Waals surface area contributed by atoms with Gasteiger partial charge in [-0.05, 0) is 36.4 Å². The van der Waals surface area contributed by atoms with E-state index in [1.54, 1.807) is 0 Å². The summed E-state index contributed by atoms with van der Waals surface area (Å²) in [7, 11) is 0. The Morgan fingerprint density at radius 3 is 2.22 bits per heavy atom. The van der Waals surface area contributed by atoms with Crippen LogP contribution >= 0.6 is 12.2 Å². The van der Waals surface area contributed by atoms with Crippen LogP contribution in [0, 0.1) is 5.82 Å². The number of hydrogen-bond acceptors (Lipinski definition) is 2. The van der Waals surface area contributed by atoms with Crippen LogP contribution in [0.2, 0.25) is 0 Å². The van der Waals surface area contributed by atoms with Gasteiger partial charge >= 0.3 is 0 Å². The molecule has 0 unspecified atom stereocenters. The molecular weight excluding hydrogens is 249 g/mol. The van der Waals surface area contributed by atoms with E-state index < -0.39 is 0 Å². The first-order valence-corrected chi connectivity index (χ1v) is 5.74. The number of ketones is 1. The number of carbonyl (C=O) groups is 1. The Hall–Kier alpha value is -2.07. The van der Waals surface area contributed by atoms with E-state index in [0.717, 1.165) is 5.69 Å². The van der Waals surface area contributed by atoms with Crippen molar-refractivity contribution in [2.45, 2.75) is 0 Å². The molecule has 4 heteroatoms. The van der Waals surface area contributed by atoms with Gasteiger partial charge in [0.15, 0.2) is 4.99 Å². The lowest BCUT2D eigenvalue weighted by Gasteiger charge is -2.06. The Bertz CT molecular complexity index is 566. The highest BCUT2D eigenvalue weighted by atomic mass is 32.1. The Kier molecular flexibility index (Phi) is 3.79. The van der Waals surface area contributed by atoms with Crippen LogP contribution in [0.15, 0.2) is 54.6 Å². The lowest BCUT2D eigenvalue weighted by atomic mass is 10.1. The molecule has 0 heterocycles. The third kappa shape index (κ3) is 2.99. The molecule has 1 N–H and O–H groups in total. The van der Waals surface area contributed by atoms with E-state index in [4.69, 9.17) is 12.2 Å². The van der Waals surface area contributed by atoms with Gasteiger partial charge in [0, 0.05) is 11.3 Å². The number of halogens is 1. The molecule has 0 bridgehead atoms. The summed E-state index contributed by atoms with van der Waals surface area (Å²) in [5.74, 6) is -0.706. The summed E-state index contributed by atoms with van der Waals surface area (Å²) in [6.07, 6.45) is 0. The van der Waals surface area contributed by atoms with Gasteiger partial charge in [-0.2, -0.15) is 0 Å². The fourth-order valence-corrected chi connectivity index (χ4v) is 1.68. The maximum absolute atomic E-state index is 12.7. The minimum absolute atomic E-state index is 0.0906. The number of anilines is 1. The summed E-state index contributed by atoms with van der Waals surface area (Å²) in [6.45, 7) is 0. The van der Waals surface area contributed by atoms with Crippen molar-refractivity contribution in [2.24, 2.45) is 0 Å². The summed E-state index contributed by atoms with van der Waals surface area (Å²) < 4.78 is 12.7. The van der Waals surface area contributed by atoms with Crippen LogP contribution in [0.1, 0.15) is 10.4 Å². The average Bonchev–Trinajstić information content (AvgIpc) is 2.40. The molecule has 0 aliphatic carbocycles. The number of thiocarbonyl (C=S) groups is 1. The molecule has 0 aromatic heterocycles. The molecule has 2 rings (SSSR count). The van der Waals surface area contributed by atoms with E-state index in [1.165, 1.54) is 24.3 Å². The predicted octanol–water partition coefficient (Wildman–Crippen LogP) is 3.45. The monoisotopic (exact) mass is 259 g/mol. The first-order valence-electron chi connectivity index (χ1n) is 5.33. The summed E-state index contributed by atoms with van der Waals surface area (Å²) in [5, 5.41) is 2.84. The maximum atomic E-state index is 12.7. The molecule has 0 aliphatic heterocycles. The van der Waals surface area contributed by atoms with Crippen molar-refractivity contribution in [1.29, 1.82) is 0 Å². The molecule has 2 nitrogen and oxygen atoms in total. The Morgan fingerprint density at radius 1 is 1.00 bits per heavy atom. The fourth-order valence-electron chi connectivity index (χ4n) is 1.44. The largest absolute Gasteiger partial charge is 0.343 e.